The molecule has 0 unspecified atom stereocenters. The van der Waals surface area contributed by atoms with E-state index in [-0.39, 0.29) is 0 Å². The Kier molecular flexibility index (Phi) is 20.6. The van der Waals surface area contributed by atoms with E-state index in [1.54, 1.807) is 0 Å². The summed E-state index contributed by atoms with van der Waals surface area (Å²) in [7, 11) is 0. The van der Waals surface area contributed by atoms with Gasteiger partial charge < -0.3 is 0 Å². The first-order valence-electron chi connectivity index (χ1n) is 9.04. The number of nitrogens with zero attached hydrogens (tertiary/aromatic N) is 1. The van der Waals surface area contributed by atoms with Gasteiger partial charge in [-0.3, -0.25) is 4.98 Å². The number of aryl methyl sites for hydroxylation is 1. The molecule has 1 aromatic carbocycles. The second-order valence-electron chi connectivity index (χ2n) is 4.09. The Bertz CT molecular complexity index is 458. The first kappa shape index (κ1) is 25.6. The molecule has 2 rings (SSSR count). The summed E-state index contributed by atoms with van der Waals surface area (Å²) in [6, 6.07) is 10.7. The predicted octanol–water partition coefficient (Wildman–Crippen LogP) is 7.77. The van der Waals surface area contributed by atoms with Crippen LogP contribution in [0.1, 0.15) is 86.4 Å². The van der Waals surface area contributed by atoms with Crippen molar-refractivity contribution in [1.29, 1.82) is 0 Å². The monoisotopic (exact) mass is 305 g/mol. The molecule has 1 nitrogen and oxygen atoms in total. The first-order chi connectivity index (χ1) is 10.7. The van der Waals surface area contributed by atoms with Gasteiger partial charge in [0.2, 0.25) is 0 Å². The molecule has 0 bridgehead atoms. The number of fused-ring (bicyclic) bond motifs is 1. The number of hydrogen-bond acceptors (Lipinski definition) is 1. The molecular weight excluding hydrogens is 266 g/mol. The molecule has 128 valence electrons. The summed E-state index contributed by atoms with van der Waals surface area (Å²) in [5.41, 5.74) is 3.56. The van der Waals surface area contributed by atoms with Crippen LogP contribution in [0.2, 0.25) is 0 Å². The first-order valence-corrected chi connectivity index (χ1v) is 9.04. The van der Waals surface area contributed by atoms with Crippen LogP contribution in [-0.4, -0.2) is 4.98 Å². The molecule has 1 heteroatoms. The average Bonchev–Trinajstić information content (AvgIpc) is 2.61. The van der Waals surface area contributed by atoms with Crippen LogP contribution >= 0.6 is 0 Å². The highest BCUT2D eigenvalue weighted by Gasteiger charge is 2.01. The van der Waals surface area contributed by atoms with E-state index >= 15 is 0 Å². The van der Waals surface area contributed by atoms with Gasteiger partial charge in [0, 0.05) is 11.1 Å². The minimum Gasteiger partial charge on any atom is -0.253 e. The van der Waals surface area contributed by atoms with Crippen molar-refractivity contribution in [3.8, 4) is 0 Å². The van der Waals surface area contributed by atoms with Crippen LogP contribution in [0.25, 0.3) is 10.9 Å². The summed E-state index contributed by atoms with van der Waals surface area (Å²) in [4.78, 5) is 4.62. The van der Waals surface area contributed by atoms with Gasteiger partial charge in [-0.05, 0) is 31.0 Å². The minimum atomic E-state index is 0.501. The van der Waals surface area contributed by atoms with Crippen LogP contribution in [0.3, 0.4) is 0 Å². The van der Waals surface area contributed by atoms with Crippen LogP contribution < -0.4 is 0 Å². The van der Waals surface area contributed by atoms with Crippen molar-refractivity contribution in [2.45, 2.75) is 82.1 Å². The minimum absolute atomic E-state index is 0.501. The fourth-order valence-electron chi connectivity index (χ4n) is 1.58. The van der Waals surface area contributed by atoms with Crippen molar-refractivity contribution < 1.29 is 0 Å². The fourth-order valence-corrected chi connectivity index (χ4v) is 1.58. The zero-order chi connectivity index (χ0) is 18.1. The normalized spacial score (nSPS) is 8.18. The number of aromatic nitrogens is 1. The lowest BCUT2D eigenvalue weighted by Gasteiger charge is -2.05. The highest BCUT2D eigenvalue weighted by molar-refractivity contribution is 5.79. The number of pyridine rings is 1. The van der Waals surface area contributed by atoms with Gasteiger partial charge in [0.15, 0.2) is 0 Å². The molecule has 0 radical (unpaired) electrons. The van der Waals surface area contributed by atoms with Gasteiger partial charge in [0.05, 0.1) is 5.52 Å². The molecule has 0 atom stereocenters. The Labute approximate surface area is 140 Å². The Balaban J connectivity index is -0.000000394. The van der Waals surface area contributed by atoms with Gasteiger partial charge in [0.25, 0.3) is 0 Å². The van der Waals surface area contributed by atoms with Gasteiger partial charge in [-0.1, -0.05) is 86.9 Å². The summed E-state index contributed by atoms with van der Waals surface area (Å²) in [6.07, 6.45) is 0. The Morgan fingerprint density at radius 2 is 1.23 bits per heavy atom. The molecule has 22 heavy (non-hydrogen) atoms. The Hall–Kier alpha value is -1.37. The third kappa shape index (κ3) is 9.55. The van der Waals surface area contributed by atoms with Crippen molar-refractivity contribution in [3.63, 3.8) is 0 Å². The SMILES string of the molecule is CC.CC.CC.CC.Cc1ccc2nc(C(C)C)ccc2c1. The third-order valence-corrected chi connectivity index (χ3v) is 2.46. The van der Waals surface area contributed by atoms with Gasteiger partial charge in [0.1, 0.15) is 0 Å². The molecule has 0 fully saturated rings. The summed E-state index contributed by atoms with van der Waals surface area (Å²) >= 11 is 0. The van der Waals surface area contributed by atoms with E-state index in [0.29, 0.717) is 5.92 Å². The molecule has 0 aliphatic carbocycles. The molecule has 0 spiro atoms. The zero-order valence-electron chi connectivity index (χ0n) is 16.9. The number of hydrogen-bond donors (Lipinski definition) is 0. The second kappa shape index (κ2) is 17.7. The lowest BCUT2D eigenvalue weighted by Crippen LogP contribution is -1.92. The topological polar surface area (TPSA) is 12.9 Å². The van der Waals surface area contributed by atoms with E-state index in [9.17, 15) is 0 Å². The lowest BCUT2D eigenvalue weighted by molar-refractivity contribution is 0.830. The predicted molar refractivity (Wildman–Crippen MR) is 106 cm³/mol. The lowest BCUT2D eigenvalue weighted by atomic mass is 10.1. The van der Waals surface area contributed by atoms with Gasteiger partial charge in [-0.25, -0.2) is 0 Å². The maximum absolute atomic E-state index is 4.62. The van der Waals surface area contributed by atoms with Crippen LogP contribution in [0.15, 0.2) is 30.3 Å². The van der Waals surface area contributed by atoms with Crippen molar-refractivity contribution in [2.75, 3.05) is 0 Å². The van der Waals surface area contributed by atoms with Gasteiger partial charge in [-0.2, -0.15) is 0 Å². The van der Waals surface area contributed by atoms with Gasteiger partial charge >= 0.3 is 0 Å². The van der Waals surface area contributed by atoms with Crippen molar-refractivity contribution in [1.82, 2.24) is 4.98 Å². The van der Waals surface area contributed by atoms with E-state index in [0.717, 1.165) is 5.52 Å². The average molecular weight is 306 g/mol. The molecule has 0 saturated carbocycles. The summed E-state index contributed by atoms with van der Waals surface area (Å²) in [5.74, 6) is 0.501. The maximum atomic E-state index is 4.62. The summed E-state index contributed by atoms with van der Waals surface area (Å²) < 4.78 is 0. The Morgan fingerprint density at radius 3 is 1.68 bits per heavy atom. The fraction of sp³-hybridized carbons (Fsp3) is 0.571. The largest absolute Gasteiger partial charge is 0.253 e. The molecule has 0 aliphatic heterocycles. The highest BCUT2D eigenvalue weighted by Crippen LogP contribution is 2.18. The van der Waals surface area contributed by atoms with E-state index in [2.05, 4.69) is 56.1 Å². The molecule has 0 aliphatic rings. The molecule has 1 aromatic heterocycles. The van der Waals surface area contributed by atoms with Crippen molar-refractivity contribution in [2.24, 2.45) is 0 Å². The molecule has 1 heterocycles. The molecular formula is C21H39N. The maximum Gasteiger partial charge on any atom is 0.0705 e. The molecule has 0 amide bonds. The highest BCUT2D eigenvalue weighted by atomic mass is 14.7. The van der Waals surface area contributed by atoms with E-state index in [1.807, 2.05) is 55.4 Å². The van der Waals surface area contributed by atoms with Gasteiger partial charge in [-0.15, -0.1) is 0 Å². The van der Waals surface area contributed by atoms with Crippen molar-refractivity contribution in [3.05, 3.63) is 41.6 Å². The number of rotatable bonds is 1. The summed E-state index contributed by atoms with van der Waals surface area (Å²) in [5, 5.41) is 1.23. The van der Waals surface area contributed by atoms with Crippen LogP contribution in [-0.2, 0) is 0 Å². The third-order valence-electron chi connectivity index (χ3n) is 2.46. The standard InChI is InChI=1S/C13H15N.4C2H6/c1-9(2)12-7-5-11-8-10(3)4-6-13(11)14-12;4*1-2/h4-9H,1-3H3;4*1-2H3. The molecule has 2 aromatic rings. The van der Waals surface area contributed by atoms with Crippen molar-refractivity contribution >= 4 is 10.9 Å². The van der Waals surface area contributed by atoms with E-state index in [1.165, 1.54) is 16.6 Å². The molecule has 0 saturated heterocycles. The Morgan fingerprint density at radius 1 is 0.727 bits per heavy atom. The van der Waals surface area contributed by atoms with Crippen LogP contribution in [0.5, 0.6) is 0 Å². The number of benzene rings is 1. The van der Waals surface area contributed by atoms with E-state index in [4.69, 9.17) is 0 Å². The summed E-state index contributed by atoms with van der Waals surface area (Å²) in [6.45, 7) is 22.4. The zero-order valence-corrected chi connectivity index (χ0v) is 16.9. The van der Waals surface area contributed by atoms with Crippen LogP contribution in [0.4, 0.5) is 0 Å². The molecule has 0 N–H and O–H groups in total. The second-order valence-corrected chi connectivity index (χ2v) is 4.09. The quantitative estimate of drug-likeness (QED) is 0.524. The van der Waals surface area contributed by atoms with Crippen LogP contribution in [0, 0.1) is 6.92 Å². The van der Waals surface area contributed by atoms with E-state index < -0.39 is 0 Å². The smallest absolute Gasteiger partial charge is 0.0705 e.